The van der Waals surface area contributed by atoms with E-state index in [-0.39, 0.29) is 5.91 Å². The van der Waals surface area contributed by atoms with Crippen LogP contribution in [0.5, 0.6) is 0 Å². The zero-order valence-electron chi connectivity index (χ0n) is 10.8. The van der Waals surface area contributed by atoms with E-state index >= 15 is 0 Å². The average Bonchev–Trinajstić information content (AvgIpc) is 2.46. The molecule has 0 aliphatic heterocycles. The summed E-state index contributed by atoms with van der Waals surface area (Å²) in [4.78, 5) is 14.1. The minimum Gasteiger partial charge on any atom is -0.311 e. The summed E-state index contributed by atoms with van der Waals surface area (Å²) < 4.78 is 0. The summed E-state index contributed by atoms with van der Waals surface area (Å²) in [7, 11) is 1.81. The molecule has 92 valence electrons. The third kappa shape index (κ3) is 2.43. The molecule has 2 rings (SSSR count). The number of carbonyl (C=O) groups is 1. The molecule has 0 unspecified atom stereocenters. The topological polar surface area (TPSA) is 20.3 Å². The summed E-state index contributed by atoms with van der Waals surface area (Å²) in [5.74, 6) is 0.0404. The van der Waals surface area contributed by atoms with Gasteiger partial charge in [-0.15, -0.1) is 0 Å². The van der Waals surface area contributed by atoms with Gasteiger partial charge in [-0.3, -0.25) is 4.79 Å². The molecule has 0 saturated heterocycles. The summed E-state index contributed by atoms with van der Waals surface area (Å²) in [6, 6.07) is 17.5. The lowest BCUT2D eigenvalue weighted by Crippen LogP contribution is -2.27. The van der Waals surface area contributed by atoms with Crippen LogP contribution in [0.15, 0.2) is 54.6 Å². The second kappa shape index (κ2) is 5.50. The number of rotatable bonds is 3. The molecule has 0 atom stereocenters. The van der Waals surface area contributed by atoms with Crippen LogP contribution in [-0.2, 0) is 6.42 Å². The van der Waals surface area contributed by atoms with Gasteiger partial charge in [0.25, 0.3) is 5.91 Å². The SMILES string of the molecule is CCc1ccccc1C(=O)N(C)c1ccccc1. The highest BCUT2D eigenvalue weighted by Crippen LogP contribution is 2.17. The number of aryl methyl sites for hydroxylation is 1. The van der Waals surface area contributed by atoms with Crippen molar-refractivity contribution in [2.45, 2.75) is 13.3 Å². The monoisotopic (exact) mass is 239 g/mol. The van der Waals surface area contributed by atoms with Gasteiger partial charge in [-0.2, -0.15) is 0 Å². The molecule has 0 N–H and O–H groups in total. The van der Waals surface area contributed by atoms with Gasteiger partial charge in [0, 0.05) is 18.3 Å². The lowest BCUT2D eigenvalue weighted by Gasteiger charge is -2.18. The molecule has 2 heteroatoms. The van der Waals surface area contributed by atoms with Gasteiger partial charge in [0.2, 0.25) is 0 Å². The maximum Gasteiger partial charge on any atom is 0.258 e. The number of hydrogen-bond acceptors (Lipinski definition) is 1. The first-order valence-corrected chi connectivity index (χ1v) is 6.15. The molecule has 0 radical (unpaired) electrons. The fraction of sp³-hybridized carbons (Fsp3) is 0.188. The molecule has 18 heavy (non-hydrogen) atoms. The average molecular weight is 239 g/mol. The largest absolute Gasteiger partial charge is 0.311 e. The number of amides is 1. The molecular formula is C16H17NO. The molecule has 2 aromatic rings. The van der Waals surface area contributed by atoms with E-state index in [1.54, 1.807) is 4.90 Å². The minimum absolute atomic E-state index is 0.0404. The number of para-hydroxylation sites is 1. The predicted molar refractivity (Wildman–Crippen MR) is 75.0 cm³/mol. The van der Waals surface area contributed by atoms with Crippen LogP contribution >= 0.6 is 0 Å². The van der Waals surface area contributed by atoms with E-state index in [2.05, 4.69) is 6.92 Å². The quantitative estimate of drug-likeness (QED) is 0.802. The lowest BCUT2D eigenvalue weighted by molar-refractivity contribution is 0.0992. The van der Waals surface area contributed by atoms with Gasteiger partial charge in [0.05, 0.1) is 0 Å². The summed E-state index contributed by atoms with van der Waals surface area (Å²) in [6.45, 7) is 2.06. The second-order valence-corrected chi connectivity index (χ2v) is 4.21. The standard InChI is InChI=1S/C16H17NO/c1-3-13-9-7-8-12-15(13)16(18)17(2)14-10-5-4-6-11-14/h4-12H,3H2,1-2H3. The smallest absolute Gasteiger partial charge is 0.258 e. The van der Waals surface area contributed by atoms with Crippen molar-refractivity contribution in [1.82, 2.24) is 0 Å². The Kier molecular flexibility index (Phi) is 3.78. The number of carbonyl (C=O) groups excluding carboxylic acids is 1. The van der Waals surface area contributed by atoms with E-state index in [1.165, 1.54) is 0 Å². The van der Waals surface area contributed by atoms with Crippen LogP contribution in [0.25, 0.3) is 0 Å². The predicted octanol–water partition coefficient (Wildman–Crippen LogP) is 3.53. The third-order valence-electron chi connectivity index (χ3n) is 3.08. The van der Waals surface area contributed by atoms with E-state index in [0.29, 0.717) is 0 Å². The van der Waals surface area contributed by atoms with E-state index in [9.17, 15) is 4.79 Å². The maximum atomic E-state index is 12.5. The first-order valence-electron chi connectivity index (χ1n) is 6.15. The highest BCUT2D eigenvalue weighted by atomic mass is 16.2. The van der Waals surface area contributed by atoms with Gasteiger partial charge in [0.1, 0.15) is 0 Å². The number of nitrogens with zero attached hydrogens (tertiary/aromatic N) is 1. The van der Waals surface area contributed by atoms with Gasteiger partial charge in [-0.25, -0.2) is 0 Å². The van der Waals surface area contributed by atoms with Crippen LogP contribution in [0.1, 0.15) is 22.8 Å². The van der Waals surface area contributed by atoms with E-state index in [4.69, 9.17) is 0 Å². The zero-order valence-corrected chi connectivity index (χ0v) is 10.8. The van der Waals surface area contributed by atoms with Crippen molar-refractivity contribution in [2.75, 3.05) is 11.9 Å². The van der Waals surface area contributed by atoms with Crippen LogP contribution in [0, 0.1) is 0 Å². The van der Waals surface area contributed by atoms with E-state index < -0.39 is 0 Å². The van der Waals surface area contributed by atoms with Crippen molar-refractivity contribution in [3.63, 3.8) is 0 Å². The number of hydrogen-bond donors (Lipinski definition) is 0. The van der Waals surface area contributed by atoms with Crippen molar-refractivity contribution >= 4 is 11.6 Å². The summed E-state index contributed by atoms with van der Waals surface area (Å²) in [6.07, 6.45) is 0.866. The molecule has 0 saturated carbocycles. The zero-order chi connectivity index (χ0) is 13.0. The van der Waals surface area contributed by atoms with Gasteiger partial charge in [-0.05, 0) is 30.2 Å². The Balaban J connectivity index is 2.32. The first-order chi connectivity index (χ1) is 8.74. The molecule has 0 aliphatic carbocycles. The Labute approximate surface area is 108 Å². The molecule has 2 nitrogen and oxygen atoms in total. The maximum absolute atomic E-state index is 12.5. The molecule has 1 amide bonds. The molecular weight excluding hydrogens is 222 g/mol. The van der Waals surface area contributed by atoms with Gasteiger partial charge in [0.15, 0.2) is 0 Å². The van der Waals surface area contributed by atoms with E-state index in [1.807, 2.05) is 61.6 Å². The van der Waals surface area contributed by atoms with Crippen molar-refractivity contribution in [3.8, 4) is 0 Å². The Morgan fingerprint density at radius 1 is 1.00 bits per heavy atom. The van der Waals surface area contributed by atoms with Crippen molar-refractivity contribution in [1.29, 1.82) is 0 Å². The Bertz CT molecular complexity index is 534. The van der Waals surface area contributed by atoms with Crippen LogP contribution < -0.4 is 4.90 Å². The first kappa shape index (κ1) is 12.4. The Hall–Kier alpha value is -2.09. The highest BCUT2D eigenvalue weighted by Gasteiger charge is 2.15. The highest BCUT2D eigenvalue weighted by molar-refractivity contribution is 6.06. The van der Waals surface area contributed by atoms with Crippen molar-refractivity contribution in [3.05, 3.63) is 65.7 Å². The van der Waals surface area contributed by atoms with Gasteiger partial charge >= 0.3 is 0 Å². The second-order valence-electron chi connectivity index (χ2n) is 4.21. The van der Waals surface area contributed by atoms with Crippen LogP contribution in [0.3, 0.4) is 0 Å². The van der Waals surface area contributed by atoms with E-state index in [0.717, 1.165) is 23.2 Å². The molecule has 0 aromatic heterocycles. The molecule has 2 aromatic carbocycles. The molecule has 0 bridgehead atoms. The fourth-order valence-corrected chi connectivity index (χ4v) is 1.99. The van der Waals surface area contributed by atoms with Gasteiger partial charge in [-0.1, -0.05) is 43.3 Å². The fourth-order valence-electron chi connectivity index (χ4n) is 1.99. The van der Waals surface area contributed by atoms with Gasteiger partial charge < -0.3 is 4.90 Å². The molecule has 0 fully saturated rings. The Morgan fingerprint density at radius 3 is 2.28 bits per heavy atom. The van der Waals surface area contributed by atoms with Crippen LogP contribution in [0.2, 0.25) is 0 Å². The minimum atomic E-state index is 0.0404. The van der Waals surface area contributed by atoms with Crippen molar-refractivity contribution < 1.29 is 4.79 Å². The molecule has 0 heterocycles. The number of benzene rings is 2. The van der Waals surface area contributed by atoms with Crippen molar-refractivity contribution in [2.24, 2.45) is 0 Å². The molecule has 0 spiro atoms. The number of anilines is 1. The normalized spacial score (nSPS) is 10.1. The summed E-state index contributed by atoms with van der Waals surface area (Å²) in [5.41, 5.74) is 2.78. The molecule has 0 aliphatic rings. The Morgan fingerprint density at radius 2 is 1.61 bits per heavy atom. The third-order valence-corrected chi connectivity index (χ3v) is 3.08. The van der Waals surface area contributed by atoms with Crippen LogP contribution in [0.4, 0.5) is 5.69 Å². The van der Waals surface area contributed by atoms with Crippen LogP contribution in [-0.4, -0.2) is 13.0 Å². The lowest BCUT2D eigenvalue weighted by atomic mass is 10.0. The summed E-state index contributed by atoms with van der Waals surface area (Å²) in [5, 5.41) is 0. The summed E-state index contributed by atoms with van der Waals surface area (Å²) >= 11 is 0.